The molecule has 0 amide bonds. The second-order valence-corrected chi connectivity index (χ2v) is 3.40. The van der Waals surface area contributed by atoms with Gasteiger partial charge in [0.25, 0.3) is 0 Å². The van der Waals surface area contributed by atoms with E-state index < -0.39 is 6.10 Å². The van der Waals surface area contributed by atoms with Crippen molar-refractivity contribution in [2.45, 2.75) is 18.9 Å². The van der Waals surface area contributed by atoms with Gasteiger partial charge in [-0.05, 0) is 18.1 Å². The van der Waals surface area contributed by atoms with E-state index in [2.05, 4.69) is 0 Å². The summed E-state index contributed by atoms with van der Waals surface area (Å²) >= 11 is 0. The summed E-state index contributed by atoms with van der Waals surface area (Å²) in [4.78, 5) is 11.6. The predicted molar refractivity (Wildman–Crippen MR) is 51.5 cm³/mol. The van der Waals surface area contributed by atoms with Crippen LogP contribution in [0.15, 0.2) is 18.2 Å². The number of rotatable bonds is 1. The average Bonchev–Trinajstić information content (AvgIpc) is 2.23. The molecule has 74 valence electrons. The summed E-state index contributed by atoms with van der Waals surface area (Å²) in [5.74, 6) is 0.619. The zero-order valence-corrected chi connectivity index (χ0v) is 7.99. The van der Waals surface area contributed by atoms with Gasteiger partial charge in [-0.25, -0.2) is 0 Å². The number of carbonyl (C=O) groups excluding carboxylic acids is 1. The van der Waals surface area contributed by atoms with E-state index in [1.54, 1.807) is 18.2 Å². The van der Waals surface area contributed by atoms with Crippen LogP contribution >= 0.6 is 0 Å². The van der Waals surface area contributed by atoms with Crippen LogP contribution in [0.25, 0.3) is 0 Å². The van der Waals surface area contributed by atoms with Gasteiger partial charge in [0.05, 0.1) is 18.8 Å². The quantitative estimate of drug-likeness (QED) is 0.736. The molecular formula is C11H12O3. The molecule has 0 spiro atoms. The van der Waals surface area contributed by atoms with Crippen LogP contribution in [0, 0.1) is 0 Å². The van der Waals surface area contributed by atoms with Gasteiger partial charge in [-0.15, -0.1) is 0 Å². The summed E-state index contributed by atoms with van der Waals surface area (Å²) < 4.78 is 5.10. The molecule has 0 fully saturated rings. The van der Waals surface area contributed by atoms with E-state index in [1.165, 1.54) is 7.11 Å². The Labute approximate surface area is 82.3 Å². The van der Waals surface area contributed by atoms with Crippen molar-refractivity contribution >= 4 is 5.78 Å². The minimum atomic E-state index is -0.530. The Bertz CT molecular complexity index is 371. The van der Waals surface area contributed by atoms with E-state index in [4.69, 9.17) is 4.74 Å². The molecule has 1 aromatic carbocycles. The highest BCUT2D eigenvalue weighted by molar-refractivity contribution is 6.01. The molecule has 0 bridgehead atoms. The maximum atomic E-state index is 11.6. The molecule has 1 atom stereocenters. The number of aliphatic hydroxyl groups excluding tert-OH is 1. The number of fused-ring (bicyclic) bond motifs is 1. The van der Waals surface area contributed by atoms with E-state index in [0.717, 1.165) is 0 Å². The number of carbonyl (C=O) groups is 1. The Hall–Kier alpha value is -1.35. The van der Waals surface area contributed by atoms with Gasteiger partial charge in [-0.3, -0.25) is 4.79 Å². The van der Waals surface area contributed by atoms with E-state index in [0.29, 0.717) is 29.7 Å². The van der Waals surface area contributed by atoms with E-state index in [1.807, 2.05) is 0 Å². The van der Waals surface area contributed by atoms with Crippen molar-refractivity contribution in [3.63, 3.8) is 0 Å². The number of hydrogen-bond donors (Lipinski definition) is 1. The fraction of sp³-hybridized carbons (Fsp3) is 0.364. The van der Waals surface area contributed by atoms with E-state index in [-0.39, 0.29) is 5.78 Å². The Kier molecular flexibility index (Phi) is 2.25. The highest BCUT2D eigenvalue weighted by Gasteiger charge is 2.26. The monoisotopic (exact) mass is 192 g/mol. The highest BCUT2D eigenvalue weighted by Crippen LogP contribution is 2.34. The summed E-state index contributed by atoms with van der Waals surface area (Å²) in [5, 5.41) is 9.69. The van der Waals surface area contributed by atoms with Gasteiger partial charge in [0.1, 0.15) is 5.75 Å². The first kappa shape index (κ1) is 9.21. The first-order chi connectivity index (χ1) is 6.74. The second kappa shape index (κ2) is 3.42. The van der Waals surface area contributed by atoms with Crippen LogP contribution in [0.3, 0.4) is 0 Å². The van der Waals surface area contributed by atoms with Crippen LogP contribution in [0.2, 0.25) is 0 Å². The molecule has 3 heteroatoms. The third-order valence-corrected chi connectivity index (χ3v) is 2.56. The molecule has 0 aliphatic heterocycles. The van der Waals surface area contributed by atoms with E-state index in [9.17, 15) is 9.90 Å². The third kappa shape index (κ3) is 1.30. The maximum Gasteiger partial charge on any atom is 0.167 e. The minimum absolute atomic E-state index is 0.0581. The number of ether oxygens (including phenoxy) is 1. The number of hydrogen-bond acceptors (Lipinski definition) is 3. The molecule has 1 aliphatic carbocycles. The predicted octanol–water partition coefficient (Wildman–Crippen LogP) is 1.71. The topological polar surface area (TPSA) is 46.5 Å². The number of methoxy groups -OCH3 is 1. The number of ketones is 1. The molecule has 0 radical (unpaired) electrons. The molecule has 1 N–H and O–H groups in total. The van der Waals surface area contributed by atoms with Crippen molar-refractivity contribution in [1.29, 1.82) is 0 Å². The molecule has 0 saturated carbocycles. The third-order valence-electron chi connectivity index (χ3n) is 2.56. The summed E-state index contributed by atoms with van der Waals surface area (Å²) in [7, 11) is 1.53. The van der Waals surface area contributed by atoms with Crippen LogP contribution in [0.1, 0.15) is 34.9 Å². The number of Topliss-reactive ketones (excluding diaryl/α,β-unsaturated/α-hetero) is 1. The fourth-order valence-corrected chi connectivity index (χ4v) is 1.84. The largest absolute Gasteiger partial charge is 0.496 e. The Morgan fingerprint density at radius 2 is 2.29 bits per heavy atom. The van der Waals surface area contributed by atoms with Gasteiger partial charge in [-0.1, -0.05) is 12.1 Å². The zero-order chi connectivity index (χ0) is 10.1. The first-order valence-corrected chi connectivity index (χ1v) is 4.62. The lowest BCUT2D eigenvalue weighted by Crippen LogP contribution is -2.16. The van der Waals surface area contributed by atoms with Gasteiger partial charge in [0.15, 0.2) is 5.78 Å². The number of benzene rings is 1. The minimum Gasteiger partial charge on any atom is -0.496 e. The van der Waals surface area contributed by atoms with Gasteiger partial charge >= 0.3 is 0 Å². The summed E-state index contributed by atoms with van der Waals surface area (Å²) in [6.07, 6.45) is 0.380. The van der Waals surface area contributed by atoms with Gasteiger partial charge in [-0.2, -0.15) is 0 Å². The second-order valence-electron chi connectivity index (χ2n) is 3.40. The smallest absolute Gasteiger partial charge is 0.167 e. The lowest BCUT2D eigenvalue weighted by atomic mass is 9.88. The lowest BCUT2D eigenvalue weighted by molar-refractivity contribution is 0.0892. The summed E-state index contributed by atoms with van der Waals surface area (Å²) in [6, 6.07) is 5.31. The van der Waals surface area contributed by atoms with Crippen molar-refractivity contribution in [2.24, 2.45) is 0 Å². The molecule has 3 nitrogen and oxygen atoms in total. The zero-order valence-electron chi connectivity index (χ0n) is 7.99. The fourth-order valence-electron chi connectivity index (χ4n) is 1.84. The Morgan fingerprint density at radius 1 is 1.50 bits per heavy atom. The van der Waals surface area contributed by atoms with Gasteiger partial charge in [0, 0.05) is 6.42 Å². The van der Waals surface area contributed by atoms with Crippen LogP contribution in [-0.4, -0.2) is 18.0 Å². The van der Waals surface area contributed by atoms with Gasteiger partial charge in [0.2, 0.25) is 0 Å². The average molecular weight is 192 g/mol. The highest BCUT2D eigenvalue weighted by atomic mass is 16.5. The lowest BCUT2D eigenvalue weighted by Gasteiger charge is -2.21. The van der Waals surface area contributed by atoms with Crippen LogP contribution in [-0.2, 0) is 0 Å². The van der Waals surface area contributed by atoms with Crippen molar-refractivity contribution in [3.8, 4) is 5.75 Å². The summed E-state index contributed by atoms with van der Waals surface area (Å²) in [5.41, 5.74) is 1.24. The molecular weight excluding hydrogens is 180 g/mol. The van der Waals surface area contributed by atoms with Gasteiger partial charge < -0.3 is 9.84 Å². The Balaban J connectivity index is 2.60. The van der Waals surface area contributed by atoms with Crippen LogP contribution in [0.5, 0.6) is 5.75 Å². The summed E-state index contributed by atoms with van der Waals surface area (Å²) in [6.45, 7) is 0. The molecule has 2 rings (SSSR count). The molecule has 1 aliphatic rings. The van der Waals surface area contributed by atoms with Crippen LogP contribution in [0.4, 0.5) is 0 Å². The molecule has 14 heavy (non-hydrogen) atoms. The molecule has 0 heterocycles. The van der Waals surface area contributed by atoms with E-state index >= 15 is 0 Å². The standard InChI is InChI=1S/C11H12O3/c1-14-10-4-2-3-7-8(12)5-6-9(13)11(7)10/h2-4,8,12H,5-6H2,1H3/t8-/m1/s1. The van der Waals surface area contributed by atoms with Crippen molar-refractivity contribution in [2.75, 3.05) is 7.11 Å². The number of aliphatic hydroxyl groups is 1. The normalized spacial score (nSPS) is 20.4. The van der Waals surface area contributed by atoms with Crippen molar-refractivity contribution in [3.05, 3.63) is 29.3 Å². The molecule has 0 aromatic heterocycles. The molecule has 0 unspecified atom stereocenters. The maximum absolute atomic E-state index is 11.6. The van der Waals surface area contributed by atoms with Crippen molar-refractivity contribution in [1.82, 2.24) is 0 Å². The Morgan fingerprint density at radius 3 is 3.00 bits per heavy atom. The van der Waals surface area contributed by atoms with Crippen LogP contribution < -0.4 is 4.74 Å². The first-order valence-electron chi connectivity index (χ1n) is 4.62. The van der Waals surface area contributed by atoms with Crippen molar-refractivity contribution < 1.29 is 14.6 Å². The SMILES string of the molecule is COc1cccc2c1C(=O)CC[C@H]2O. The molecule has 0 saturated heterocycles. The molecule has 1 aromatic rings.